The van der Waals surface area contributed by atoms with E-state index < -0.39 is 5.97 Å². The minimum atomic E-state index is -0.740. The summed E-state index contributed by atoms with van der Waals surface area (Å²) in [5.41, 5.74) is 5.45. The van der Waals surface area contributed by atoms with Gasteiger partial charge in [-0.25, -0.2) is 0 Å². The van der Waals surface area contributed by atoms with Gasteiger partial charge in [-0.1, -0.05) is 45.4 Å². The van der Waals surface area contributed by atoms with Crippen LogP contribution in [0.15, 0.2) is 0 Å². The van der Waals surface area contributed by atoms with Crippen molar-refractivity contribution in [1.82, 2.24) is 0 Å². The molecule has 100 valence electrons. The molecular formula is C14H27NO2. The van der Waals surface area contributed by atoms with E-state index >= 15 is 0 Å². The van der Waals surface area contributed by atoms with E-state index in [2.05, 4.69) is 6.92 Å². The van der Waals surface area contributed by atoms with E-state index in [-0.39, 0.29) is 12.5 Å². The molecule has 1 fully saturated rings. The highest BCUT2D eigenvalue weighted by molar-refractivity contribution is 5.70. The number of carboxylic acids is 1. The van der Waals surface area contributed by atoms with Crippen LogP contribution in [0.2, 0.25) is 0 Å². The van der Waals surface area contributed by atoms with Gasteiger partial charge in [0.05, 0.1) is 5.92 Å². The first kappa shape index (κ1) is 14.5. The number of hydrogen-bond acceptors (Lipinski definition) is 2. The van der Waals surface area contributed by atoms with Gasteiger partial charge in [-0.05, 0) is 24.7 Å². The number of carboxylic acid groups (broad SMARTS) is 1. The lowest BCUT2D eigenvalue weighted by atomic mass is 9.90. The van der Waals surface area contributed by atoms with Gasteiger partial charge in [0.25, 0.3) is 0 Å². The Bertz CT molecular complexity index is 224. The van der Waals surface area contributed by atoms with Crippen LogP contribution in [0, 0.1) is 17.8 Å². The van der Waals surface area contributed by atoms with Gasteiger partial charge >= 0.3 is 5.97 Å². The van der Waals surface area contributed by atoms with Crippen molar-refractivity contribution in [1.29, 1.82) is 0 Å². The molecule has 0 unspecified atom stereocenters. The Morgan fingerprint density at radius 2 is 1.94 bits per heavy atom. The van der Waals surface area contributed by atoms with Crippen molar-refractivity contribution in [2.75, 3.05) is 6.54 Å². The lowest BCUT2D eigenvalue weighted by Crippen LogP contribution is -2.23. The van der Waals surface area contributed by atoms with E-state index in [4.69, 9.17) is 10.8 Å². The summed E-state index contributed by atoms with van der Waals surface area (Å²) in [6, 6.07) is 0. The quantitative estimate of drug-likeness (QED) is 0.686. The summed E-state index contributed by atoms with van der Waals surface area (Å²) >= 11 is 0. The molecule has 3 nitrogen and oxygen atoms in total. The average Bonchev–Trinajstić information content (AvgIpc) is 2.79. The summed E-state index contributed by atoms with van der Waals surface area (Å²) in [6.45, 7) is 2.51. The molecule has 0 amide bonds. The fourth-order valence-corrected chi connectivity index (χ4v) is 2.79. The zero-order valence-electron chi connectivity index (χ0n) is 11.0. The second kappa shape index (κ2) is 7.70. The van der Waals surface area contributed by atoms with Crippen LogP contribution in [0.5, 0.6) is 0 Å². The van der Waals surface area contributed by atoms with E-state index in [0.717, 1.165) is 18.8 Å². The molecule has 0 radical (unpaired) electrons. The monoisotopic (exact) mass is 241 g/mol. The van der Waals surface area contributed by atoms with Gasteiger partial charge in [-0.3, -0.25) is 4.79 Å². The van der Waals surface area contributed by atoms with Crippen LogP contribution in [-0.2, 0) is 4.79 Å². The molecule has 1 rings (SSSR count). The van der Waals surface area contributed by atoms with Gasteiger partial charge in [0.1, 0.15) is 0 Å². The number of hydrogen-bond donors (Lipinski definition) is 2. The predicted octanol–water partition coefficient (Wildman–Crippen LogP) is 3.03. The molecule has 0 heterocycles. The second-order valence-electron chi connectivity index (χ2n) is 5.68. The molecule has 17 heavy (non-hydrogen) atoms. The van der Waals surface area contributed by atoms with E-state index in [9.17, 15) is 4.79 Å². The Morgan fingerprint density at radius 3 is 2.47 bits per heavy atom. The van der Waals surface area contributed by atoms with Crippen LogP contribution in [0.4, 0.5) is 0 Å². The molecule has 1 saturated carbocycles. The van der Waals surface area contributed by atoms with Crippen molar-refractivity contribution in [3.05, 3.63) is 0 Å². The zero-order chi connectivity index (χ0) is 12.7. The third kappa shape index (κ3) is 5.53. The van der Waals surface area contributed by atoms with Gasteiger partial charge < -0.3 is 10.8 Å². The highest BCUT2D eigenvalue weighted by atomic mass is 16.4. The van der Waals surface area contributed by atoms with Crippen LogP contribution in [0.1, 0.15) is 58.3 Å². The Hall–Kier alpha value is -0.570. The third-order valence-corrected chi connectivity index (χ3v) is 4.18. The fraction of sp³-hybridized carbons (Fsp3) is 0.929. The predicted molar refractivity (Wildman–Crippen MR) is 69.8 cm³/mol. The lowest BCUT2D eigenvalue weighted by Gasteiger charge is -2.16. The lowest BCUT2D eigenvalue weighted by molar-refractivity contribution is -0.141. The first-order valence-electron chi connectivity index (χ1n) is 7.06. The van der Waals surface area contributed by atoms with Gasteiger partial charge in [-0.15, -0.1) is 0 Å². The number of nitrogens with two attached hydrogens (primary N) is 1. The topological polar surface area (TPSA) is 63.3 Å². The molecule has 0 aliphatic heterocycles. The molecule has 1 aliphatic rings. The van der Waals surface area contributed by atoms with Crippen molar-refractivity contribution in [2.24, 2.45) is 23.5 Å². The largest absolute Gasteiger partial charge is 0.481 e. The summed E-state index contributed by atoms with van der Waals surface area (Å²) in [5, 5.41) is 8.91. The molecule has 3 N–H and O–H groups in total. The van der Waals surface area contributed by atoms with Crippen LogP contribution in [-0.4, -0.2) is 17.6 Å². The zero-order valence-corrected chi connectivity index (χ0v) is 11.0. The Kier molecular flexibility index (Phi) is 6.56. The normalized spacial score (nSPS) is 20.4. The van der Waals surface area contributed by atoms with Gasteiger partial charge in [0, 0.05) is 6.54 Å². The van der Waals surface area contributed by atoms with Crippen LogP contribution in [0.3, 0.4) is 0 Å². The summed E-state index contributed by atoms with van der Waals surface area (Å²) in [7, 11) is 0. The Balaban J connectivity index is 2.11. The van der Waals surface area contributed by atoms with Crippen LogP contribution in [0.25, 0.3) is 0 Å². The minimum Gasteiger partial charge on any atom is -0.481 e. The highest BCUT2D eigenvalue weighted by Gasteiger charge is 2.18. The van der Waals surface area contributed by atoms with Crippen molar-refractivity contribution < 1.29 is 9.90 Å². The number of carbonyl (C=O) groups is 1. The Labute approximate surface area is 105 Å². The summed E-state index contributed by atoms with van der Waals surface area (Å²) < 4.78 is 0. The van der Waals surface area contributed by atoms with Crippen molar-refractivity contribution in [3.63, 3.8) is 0 Å². The van der Waals surface area contributed by atoms with Crippen molar-refractivity contribution in [3.8, 4) is 0 Å². The molecule has 1 aliphatic carbocycles. The maximum absolute atomic E-state index is 10.8. The smallest absolute Gasteiger partial charge is 0.307 e. The maximum atomic E-state index is 10.8. The molecule has 0 spiro atoms. The van der Waals surface area contributed by atoms with Crippen LogP contribution >= 0.6 is 0 Å². The Morgan fingerprint density at radius 1 is 1.29 bits per heavy atom. The highest BCUT2D eigenvalue weighted by Crippen LogP contribution is 2.30. The van der Waals surface area contributed by atoms with Crippen molar-refractivity contribution >= 4 is 5.97 Å². The van der Waals surface area contributed by atoms with Gasteiger partial charge in [0.2, 0.25) is 0 Å². The summed E-state index contributed by atoms with van der Waals surface area (Å²) in [4.78, 5) is 10.8. The number of aliphatic carboxylic acids is 1. The standard InChI is InChI=1S/C14H27NO2/c1-11(6-8-12-4-2-3-5-12)7-9-13(10-15)14(16)17/h11-13H,2-10,15H2,1H3,(H,16,17)/t11-,13-/m1/s1. The SMILES string of the molecule is C[C@H](CCC1CCCC1)CC[C@H](CN)C(=O)O. The molecule has 0 aromatic heterocycles. The first-order valence-corrected chi connectivity index (χ1v) is 7.06. The van der Waals surface area contributed by atoms with Gasteiger partial charge in [-0.2, -0.15) is 0 Å². The maximum Gasteiger partial charge on any atom is 0.307 e. The average molecular weight is 241 g/mol. The molecule has 0 aromatic carbocycles. The second-order valence-corrected chi connectivity index (χ2v) is 5.68. The van der Waals surface area contributed by atoms with Crippen molar-refractivity contribution in [2.45, 2.75) is 58.3 Å². The van der Waals surface area contributed by atoms with E-state index in [1.54, 1.807) is 0 Å². The molecule has 2 atom stereocenters. The summed E-state index contributed by atoms with van der Waals surface area (Å²) in [5.74, 6) is 0.505. The molecule has 0 bridgehead atoms. The summed E-state index contributed by atoms with van der Waals surface area (Å²) in [6.07, 6.45) is 9.96. The third-order valence-electron chi connectivity index (χ3n) is 4.18. The first-order chi connectivity index (χ1) is 8.13. The molecule has 0 saturated heterocycles. The fourth-order valence-electron chi connectivity index (χ4n) is 2.79. The van der Waals surface area contributed by atoms with Crippen LogP contribution < -0.4 is 5.73 Å². The molecular weight excluding hydrogens is 214 g/mol. The van der Waals surface area contributed by atoms with E-state index in [0.29, 0.717) is 5.92 Å². The van der Waals surface area contributed by atoms with E-state index in [1.807, 2.05) is 0 Å². The van der Waals surface area contributed by atoms with E-state index in [1.165, 1.54) is 38.5 Å². The molecule has 0 aromatic rings. The minimum absolute atomic E-state index is 0.269. The number of rotatable bonds is 8. The van der Waals surface area contributed by atoms with Gasteiger partial charge in [0.15, 0.2) is 0 Å². The molecule has 3 heteroatoms.